The molecule has 160 valence electrons. The number of rotatable bonds is 9. The third kappa shape index (κ3) is 4.68. The maximum atomic E-state index is 13.2. The summed E-state index contributed by atoms with van der Waals surface area (Å²) in [4.78, 5) is 15.3. The molecule has 2 atom stereocenters. The van der Waals surface area contributed by atoms with Crippen LogP contribution in [0.3, 0.4) is 0 Å². The fraction of sp³-hybridized carbons (Fsp3) is 0.682. The number of fused-ring (bicyclic) bond motifs is 1. The number of methoxy groups -OCH3 is 1. The third-order valence-electron chi connectivity index (χ3n) is 5.82. The topological polar surface area (TPSA) is 69.3 Å². The normalized spacial score (nSPS) is 21.9. The van der Waals surface area contributed by atoms with Crippen molar-refractivity contribution >= 4 is 5.91 Å². The zero-order chi connectivity index (χ0) is 20.2. The Hall–Kier alpha value is -1.83. The first-order valence-corrected chi connectivity index (χ1v) is 10.7. The molecular weight excluding hydrogens is 372 g/mol. The minimum absolute atomic E-state index is 0.0345. The number of amides is 1. The van der Waals surface area contributed by atoms with E-state index in [1.807, 2.05) is 11.0 Å². The molecule has 1 N–H and O–H groups in total. The van der Waals surface area contributed by atoms with Crippen LogP contribution in [0.4, 0.5) is 0 Å². The first kappa shape index (κ1) is 20.4. The molecule has 4 rings (SSSR count). The van der Waals surface area contributed by atoms with Crippen LogP contribution in [0.2, 0.25) is 0 Å². The second-order valence-electron chi connectivity index (χ2n) is 8.02. The molecule has 1 saturated heterocycles. The van der Waals surface area contributed by atoms with Gasteiger partial charge in [0.15, 0.2) is 11.5 Å². The number of carbonyl (C=O) groups excluding carboxylic acids is 1. The van der Waals surface area contributed by atoms with E-state index in [1.54, 1.807) is 7.11 Å². The smallest absolute Gasteiger partial charge is 0.253 e. The van der Waals surface area contributed by atoms with Crippen LogP contribution < -0.4 is 14.8 Å². The van der Waals surface area contributed by atoms with Crippen molar-refractivity contribution in [2.45, 2.75) is 50.8 Å². The molecule has 0 radical (unpaired) electrons. The molecule has 2 heterocycles. The van der Waals surface area contributed by atoms with Gasteiger partial charge in [-0.25, -0.2) is 0 Å². The van der Waals surface area contributed by atoms with Gasteiger partial charge in [0, 0.05) is 51.3 Å². The summed E-state index contributed by atoms with van der Waals surface area (Å²) in [6, 6.07) is 4.49. The standard InChI is InChI=1S/C22H32N2O5/c1-15(24(18-4-5-18)22(25)20-14-23-7-11-28-20)17-12-16-6-10-29-21(16)19(13-17)27-9-3-8-26-2/h12-13,15,18,20,23H,3-11,14H2,1-2H3/t15-,20+/m0/s1. The Morgan fingerprint density at radius 2 is 2.17 bits per heavy atom. The van der Waals surface area contributed by atoms with Gasteiger partial charge in [-0.2, -0.15) is 0 Å². The van der Waals surface area contributed by atoms with E-state index >= 15 is 0 Å². The summed E-state index contributed by atoms with van der Waals surface area (Å²) in [5.74, 6) is 1.71. The molecular formula is C22H32N2O5. The average Bonchev–Trinajstić information content (AvgIpc) is 3.46. The quantitative estimate of drug-likeness (QED) is 0.636. The fourth-order valence-electron chi connectivity index (χ4n) is 4.12. The van der Waals surface area contributed by atoms with E-state index in [9.17, 15) is 4.79 Å². The largest absolute Gasteiger partial charge is 0.490 e. The summed E-state index contributed by atoms with van der Waals surface area (Å²) >= 11 is 0. The molecule has 29 heavy (non-hydrogen) atoms. The first-order chi connectivity index (χ1) is 14.2. The maximum absolute atomic E-state index is 13.2. The van der Waals surface area contributed by atoms with Gasteiger partial charge >= 0.3 is 0 Å². The SMILES string of the molecule is COCCCOc1cc([C@H](C)N(C(=O)[C@H]2CNCCO2)C2CC2)cc2c1OCC2. The minimum Gasteiger partial charge on any atom is -0.490 e. The van der Waals surface area contributed by atoms with E-state index in [4.69, 9.17) is 18.9 Å². The molecule has 3 aliphatic rings. The molecule has 0 aromatic heterocycles. The number of hydrogen-bond donors (Lipinski definition) is 1. The third-order valence-corrected chi connectivity index (χ3v) is 5.82. The molecule has 2 fully saturated rings. The van der Waals surface area contributed by atoms with Crippen molar-refractivity contribution in [3.8, 4) is 11.5 Å². The average molecular weight is 405 g/mol. The summed E-state index contributed by atoms with van der Waals surface area (Å²) in [5.41, 5.74) is 2.26. The Balaban J connectivity index is 1.54. The lowest BCUT2D eigenvalue weighted by molar-refractivity contribution is -0.148. The molecule has 1 saturated carbocycles. The highest BCUT2D eigenvalue weighted by molar-refractivity contribution is 5.82. The number of nitrogens with one attached hydrogen (secondary N) is 1. The molecule has 0 unspecified atom stereocenters. The van der Waals surface area contributed by atoms with E-state index in [-0.39, 0.29) is 11.9 Å². The van der Waals surface area contributed by atoms with Crippen LogP contribution in [-0.2, 0) is 20.7 Å². The van der Waals surface area contributed by atoms with Gasteiger partial charge in [0.2, 0.25) is 0 Å². The Labute approximate surface area is 172 Å². The molecule has 1 aromatic rings. The summed E-state index contributed by atoms with van der Waals surface area (Å²) in [6.07, 6.45) is 3.42. The highest BCUT2D eigenvalue weighted by Crippen LogP contribution is 2.41. The van der Waals surface area contributed by atoms with Gasteiger partial charge in [0.05, 0.1) is 25.9 Å². The Kier molecular flexibility index (Phi) is 6.57. The molecule has 1 aliphatic carbocycles. The number of morpholine rings is 1. The number of nitrogens with zero attached hydrogens (tertiary/aromatic N) is 1. The van der Waals surface area contributed by atoms with Crippen molar-refractivity contribution in [1.82, 2.24) is 10.2 Å². The van der Waals surface area contributed by atoms with Crippen molar-refractivity contribution in [3.05, 3.63) is 23.3 Å². The van der Waals surface area contributed by atoms with E-state index < -0.39 is 6.10 Å². The summed E-state index contributed by atoms with van der Waals surface area (Å²) in [7, 11) is 1.69. The molecule has 7 nitrogen and oxygen atoms in total. The second kappa shape index (κ2) is 9.32. The number of hydrogen-bond acceptors (Lipinski definition) is 6. The van der Waals surface area contributed by atoms with E-state index in [2.05, 4.69) is 18.3 Å². The van der Waals surface area contributed by atoms with Crippen molar-refractivity contribution < 1.29 is 23.7 Å². The highest BCUT2D eigenvalue weighted by atomic mass is 16.5. The Morgan fingerprint density at radius 1 is 1.31 bits per heavy atom. The predicted molar refractivity (Wildman–Crippen MR) is 109 cm³/mol. The van der Waals surface area contributed by atoms with Crippen LogP contribution in [0.25, 0.3) is 0 Å². The van der Waals surface area contributed by atoms with Crippen LogP contribution in [0.15, 0.2) is 12.1 Å². The lowest BCUT2D eigenvalue weighted by Crippen LogP contribution is -2.50. The summed E-state index contributed by atoms with van der Waals surface area (Å²) < 4.78 is 22.7. The zero-order valence-electron chi connectivity index (χ0n) is 17.4. The van der Waals surface area contributed by atoms with E-state index in [1.165, 1.54) is 0 Å². The van der Waals surface area contributed by atoms with Crippen LogP contribution in [-0.4, -0.2) is 69.6 Å². The van der Waals surface area contributed by atoms with Crippen molar-refractivity contribution in [2.75, 3.05) is 46.6 Å². The van der Waals surface area contributed by atoms with Crippen LogP contribution >= 0.6 is 0 Å². The van der Waals surface area contributed by atoms with E-state index in [0.29, 0.717) is 39.0 Å². The molecule has 7 heteroatoms. The van der Waals surface area contributed by atoms with Gasteiger partial charge < -0.3 is 29.2 Å². The van der Waals surface area contributed by atoms with Crippen molar-refractivity contribution in [2.24, 2.45) is 0 Å². The van der Waals surface area contributed by atoms with Crippen LogP contribution in [0.5, 0.6) is 11.5 Å². The van der Waals surface area contributed by atoms with Gasteiger partial charge in [-0.05, 0) is 37.5 Å². The van der Waals surface area contributed by atoms with Crippen LogP contribution in [0, 0.1) is 0 Å². The van der Waals surface area contributed by atoms with Gasteiger partial charge in [-0.3, -0.25) is 4.79 Å². The van der Waals surface area contributed by atoms with Crippen LogP contribution in [0.1, 0.15) is 43.4 Å². The highest BCUT2D eigenvalue weighted by Gasteiger charge is 2.40. The zero-order valence-corrected chi connectivity index (χ0v) is 17.4. The predicted octanol–water partition coefficient (Wildman–Crippen LogP) is 2.08. The van der Waals surface area contributed by atoms with Crippen molar-refractivity contribution in [1.29, 1.82) is 0 Å². The van der Waals surface area contributed by atoms with Crippen molar-refractivity contribution in [3.63, 3.8) is 0 Å². The molecule has 1 aromatic carbocycles. The molecule has 2 aliphatic heterocycles. The number of carbonyl (C=O) groups is 1. The summed E-state index contributed by atoms with van der Waals surface area (Å²) in [5, 5.41) is 3.27. The fourth-order valence-corrected chi connectivity index (χ4v) is 4.12. The van der Waals surface area contributed by atoms with Gasteiger partial charge in [0.1, 0.15) is 6.10 Å². The van der Waals surface area contributed by atoms with Gasteiger partial charge in [-0.1, -0.05) is 0 Å². The number of ether oxygens (including phenoxy) is 4. The molecule has 0 bridgehead atoms. The monoisotopic (exact) mass is 404 g/mol. The Morgan fingerprint density at radius 3 is 2.90 bits per heavy atom. The van der Waals surface area contributed by atoms with Gasteiger partial charge in [0.25, 0.3) is 5.91 Å². The molecule has 1 amide bonds. The van der Waals surface area contributed by atoms with E-state index in [0.717, 1.165) is 54.9 Å². The maximum Gasteiger partial charge on any atom is 0.253 e. The molecule has 0 spiro atoms. The summed E-state index contributed by atoms with van der Waals surface area (Å²) in [6.45, 7) is 6.00. The van der Waals surface area contributed by atoms with Gasteiger partial charge in [-0.15, -0.1) is 0 Å². The Bertz CT molecular complexity index is 715. The lowest BCUT2D eigenvalue weighted by atomic mass is 10.0. The first-order valence-electron chi connectivity index (χ1n) is 10.7. The second-order valence-corrected chi connectivity index (χ2v) is 8.02. The lowest BCUT2D eigenvalue weighted by Gasteiger charge is -2.34. The number of benzene rings is 1. The minimum atomic E-state index is -0.394.